The lowest BCUT2D eigenvalue weighted by Gasteiger charge is -2.07. The van der Waals surface area contributed by atoms with Gasteiger partial charge in [-0.3, -0.25) is 0 Å². The van der Waals surface area contributed by atoms with Crippen LogP contribution in [-0.2, 0) is 6.54 Å². The number of hydrogen-bond donors (Lipinski definition) is 1. The van der Waals surface area contributed by atoms with E-state index in [2.05, 4.69) is 16.6 Å². The molecule has 0 aliphatic heterocycles. The molecular weight excluding hydrogens is 250 g/mol. The molecule has 2 rings (SSSR count). The number of nitrogens with one attached hydrogen (secondary N) is 1. The minimum atomic E-state index is 0.594. The van der Waals surface area contributed by atoms with Gasteiger partial charge in [-0.15, -0.1) is 0 Å². The Morgan fingerprint density at radius 2 is 1.95 bits per heavy atom. The van der Waals surface area contributed by atoms with E-state index in [1.165, 1.54) is 0 Å². The molecule has 0 atom stereocenters. The lowest BCUT2D eigenvalue weighted by atomic mass is 10.2. The molecule has 0 saturated carbocycles. The molecule has 0 saturated heterocycles. The maximum atomic E-state index is 8.71. The fourth-order valence-corrected chi connectivity index (χ4v) is 1.74. The zero-order chi connectivity index (χ0) is 14.2. The van der Waals surface area contributed by atoms with Crippen molar-refractivity contribution in [3.05, 3.63) is 65.2 Å². The molecule has 100 valence electrons. The third-order valence-corrected chi connectivity index (χ3v) is 2.81. The molecular formula is C16H15N3O. The van der Waals surface area contributed by atoms with Gasteiger partial charge in [0.25, 0.3) is 0 Å². The summed E-state index contributed by atoms with van der Waals surface area (Å²) in [7, 11) is 1.65. The Morgan fingerprint density at radius 1 is 1.20 bits per heavy atom. The summed E-state index contributed by atoms with van der Waals surface area (Å²) < 4.78 is 5.26. The Kier molecular flexibility index (Phi) is 4.74. The topological polar surface area (TPSA) is 57.4 Å². The first kappa shape index (κ1) is 13.6. The average molecular weight is 265 g/mol. The van der Waals surface area contributed by atoms with Gasteiger partial charge in [-0.1, -0.05) is 30.3 Å². The van der Waals surface area contributed by atoms with Gasteiger partial charge < -0.3 is 10.2 Å². The first-order chi connectivity index (χ1) is 9.83. The van der Waals surface area contributed by atoms with E-state index in [4.69, 9.17) is 10.00 Å². The van der Waals surface area contributed by atoms with Crippen molar-refractivity contribution in [2.45, 2.75) is 6.54 Å². The summed E-state index contributed by atoms with van der Waals surface area (Å²) in [6, 6.07) is 17.1. The van der Waals surface area contributed by atoms with Crippen LogP contribution in [0.15, 0.2) is 53.6 Å². The summed E-state index contributed by atoms with van der Waals surface area (Å²) in [6.07, 6.45) is 1.72. The fourth-order valence-electron chi connectivity index (χ4n) is 1.74. The van der Waals surface area contributed by atoms with Crippen molar-refractivity contribution in [1.82, 2.24) is 5.43 Å². The summed E-state index contributed by atoms with van der Waals surface area (Å²) in [5.74, 6) is 0.841. The van der Waals surface area contributed by atoms with E-state index >= 15 is 0 Å². The van der Waals surface area contributed by atoms with Gasteiger partial charge in [-0.25, -0.2) is 0 Å². The highest BCUT2D eigenvalue weighted by molar-refractivity contribution is 5.79. The number of methoxy groups -OCH3 is 1. The molecule has 2 aromatic rings. The van der Waals surface area contributed by atoms with Gasteiger partial charge in [0.05, 0.1) is 31.5 Å². The fraction of sp³-hybridized carbons (Fsp3) is 0.125. The van der Waals surface area contributed by atoms with Crippen molar-refractivity contribution in [3.8, 4) is 11.8 Å². The molecule has 1 N–H and O–H groups in total. The average Bonchev–Trinajstić information content (AvgIpc) is 2.52. The Bertz CT molecular complexity index is 627. The van der Waals surface area contributed by atoms with Gasteiger partial charge in [0.1, 0.15) is 5.75 Å². The molecule has 0 heterocycles. The van der Waals surface area contributed by atoms with Crippen molar-refractivity contribution in [1.29, 1.82) is 5.26 Å². The van der Waals surface area contributed by atoms with E-state index in [1.807, 2.05) is 36.4 Å². The molecule has 0 amide bonds. The monoisotopic (exact) mass is 265 g/mol. The molecule has 0 radical (unpaired) electrons. The highest BCUT2D eigenvalue weighted by Gasteiger charge is 1.99. The van der Waals surface area contributed by atoms with Crippen molar-refractivity contribution >= 4 is 6.21 Å². The minimum absolute atomic E-state index is 0.594. The first-order valence-corrected chi connectivity index (χ1v) is 6.21. The van der Waals surface area contributed by atoms with Crippen LogP contribution >= 0.6 is 0 Å². The highest BCUT2D eigenvalue weighted by Crippen LogP contribution is 2.16. The number of benzene rings is 2. The van der Waals surface area contributed by atoms with E-state index in [9.17, 15) is 0 Å². The number of ether oxygens (including phenoxy) is 1. The molecule has 0 fully saturated rings. The summed E-state index contributed by atoms with van der Waals surface area (Å²) in [6.45, 7) is 0.594. The molecule has 0 aliphatic carbocycles. The van der Waals surface area contributed by atoms with Crippen LogP contribution in [-0.4, -0.2) is 13.3 Å². The molecule has 0 bridgehead atoms. The quantitative estimate of drug-likeness (QED) is 0.668. The van der Waals surface area contributed by atoms with Crippen molar-refractivity contribution in [2.75, 3.05) is 7.11 Å². The molecule has 20 heavy (non-hydrogen) atoms. The zero-order valence-corrected chi connectivity index (χ0v) is 11.2. The number of hydrazone groups is 1. The molecule has 4 nitrogen and oxygen atoms in total. The predicted molar refractivity (Wildman–Crippen MR) is 78.6 cm³/mol. The van der Waals surface area contributed by atoms with E-state index in [-0.39, 0.29) is 0 Å². The van der Waals surface area contributed by atoms with E-state index < -0.39 is 0 Å². The number of rotatable bonds is 5. The van der Waals surface area contributed by atoms with Crippen LogP contribution in [0.3, 0.4) is 0 Å². The molecule has 4 heteroatoms. The van der Waals surface area contributed by atoms with Gasteiger partial charge >= 0.3 is 0 Å². The van der Waals surface area contributed by atoms with E-state index in [0.29, 0.717) is 12.1 Å². The predicted octanol–water partition coefficient (Wildman–Crippen LogP) is 2.69. The van der Waals surface area contributed by atoms with Crippen molar-refractivity contribution in [2.24, 2.45) is 5.10 Å². The lowest BCUT2D eigenvalue weighted by Crippen LogP contribution is -2.06. The van der Waals surface area contributed by atoms with Crippen molar-refractivity contribution in [3.63, 3.8) is 0 Å². The minimum Gasteiger partial charge on any atom is -0.496 e. The smallest absolute Gasteiger partial charge is 0.123 e. The lowest BCUT2D eigenvalue weighted by molar-refractivity contribution is 0.408. The largest absolute Gasteiger partial charge is 0.496 e. The molecule has 2 aromatic carbocycles. The van der Waals surface area contributed by atoms with Crippen LogP contribution in [0.4, 0.5) is 0 Å². The second-order valence-corrected chi connectivity index (χ2v) is 4.14. The Hall–Kier alpha value is -2.80. The maximum absolute atomic E-state index is 8.71. The Balaban J connectivity index is 1.92. The summed E-state index contributed by atoms with van der Waals surface area (Å²) in [5, 5.41) is 12.9. The number of nitriles is 1. The van der Waals surface area contributed by atoms with Crippen LogP contribution in [0.1, 0.15) is 16.7 Å². The van der Waals surface area contributed by atoms with Crippen molar-refractivity contribution < 1.29 is 4.74 Å². The van der Waals surface area contributed by atoms with Crippen LogP contribution in [0.5, 0.6) is 5.75 Å². The molecule has 0 aliphatic rings. The van der Waals surface area contributed by atoms with Gasteiger partial charge in [-0.2, -0.15) is 10.4 Å². The van der Waals surface area contributed by atoms with Gasteiger partial charge in [0.2, 0.25) is 0 Å². The Labute approximate surface area is 118 Å². The van der Waals surface area contributed by atoms with Crippen LogP contribution in [0.2, 0.25) is 0 Å². The van der Waals surface area contributed by atoms with Crippen LogP contribution < -0.4 is 10.2 Å². The van der Waals surface area contributed by atoms with Gasteiger partial charge in [0.15, 0.2) is 0 Å². The molecule has 0 spiro atoms. The van der Waals surface area contributed by atoms with Crippen LogP contribution in [0.25, 0.3) is 0 Å². The van der Waals surface area contributed by atoms with Crippen LogP contribution in [0, 0.1) is 11.3 Å². The summed E-state index contributed by atoms with van der Waals surface area (Å²) >= 11 is 0. The highest BCUT2D eigenvalue weighted by atomic mass is 16.5. The van der Waals surface area contributed by atoms with E-state index in [1.54, 1.807) is 25.5 Å². The van der Waals surface area contributed by atoms with Gasteiger partial charge in [-0.05, 0) is 23.8 Å². The Morgan fingerprint density at radius 3 is 2.65 bits per heavy atom. The zero-order valence-electron chi connectivity index (χ0n) is 11.2. The maximum Gasteiger partial charge on any atom is 0.123 e. The SMILES string of the molecule is COc1ccccc1CN/N=C\c1ccc(C#N)cc1. The molecule has 0 aromatic heterocycles. The third kappa shape index (κ3) is 3.59. The summed E-state index contributed by atoms with van der Waals surface area (Å²) in [5.41, 5.74) is 5.61. The third-order valence-electron chi connectivity index (χ3n) is 2.81. The number of para-hydroxylation sites is 1. The first-order valence-electron chi connectivity index (χ1n) is 6.21. The summed E-state index contributed by atoms with van der Waals surface area (Å²) in [4.78, 5) is 0. The second-order valence-electron chi connectivity index (χ2n) is 4.14. The second kappa shape index (κ2) is 6.95. The van der Waals surface area contributed by atoms with E-state index in [0.717, 1.165) is 16.9 Å². The van der Waals surface area contributed by atoms with Gasteiger partial charge in [0, 0.05) is 5.56 Å². The normalized spacial score (nSPS) is 10.2. The number of nitrogens with zero attached hydrogens (tertiary/aromatic N) is 2. The standard InChI is InChI=1S/C16H15N3O/c1-20-16-5-3-2-4-15(16)12-19-18-11-14-8-6-13(10-17)7-9-14/h2-9,11,19H,12H2,1H3/b18-11-. The molecule has 0 unspecified atom stereocenters. The number of hydrogen-bond acceptors (Lipinski definition) is 4.